The number of piperazine rings is 1. The normalized spacial score (nSPS) is 18.9. The van der Waals surface area contributed by atoms with Gasteiger partial charge in [0.2, 0.25) is 15.0 Å². The molecule has 3 rings (SSSR count). The van der Waals surface area contributed by atoms with Crippen molar-refractivity contribution in [1.82, 2.24) is 15.3 Å². The van der Waals surface area contributed by atoms with Gasteiger partial charge in [-0.3, -0.25) is 0 Å². The fourth-order valence-corrected chi connectivity index (χ4v) is 3.28. The van der Waals surface area contributed by atoms with Crippen LogP contribution in [0.15, 0.2) is 41.8 Å². The van der Waals surface area contributed by atoms with Gasteiger partial charge in [0.15, 0.2) is 0 Å². The Morgan fingerprint density at radius 1 is 1.22 bits per heavy atom. The second-order valence-corrected chi connectivity index (χ2v) is 7.75. The maximum atomic E-state index is 11.5. The highest BCUT2D eigenvalue weighted by Crippen LogP contribution is 2.30. The molecule has 0 amide bonds. The Labute approximate surface area is 136 Å². The third kappa shape index (κ3) is 3.51. The number of sulfone groups is 1. The third-order valence-corrected chi connectivity index (χ3v) is 4.76. The summed E-state index contributed by atoms with van der Waals surface area (Å²) in [7, 11) is -3.38. The molecule has 0 aliphatic carbocycles. The van der Waals surface area contributed by atoms with Gasteiger partial charge in [-0.25, -0.2) is 18.4 Å². The van der Waals surface area contributed by atoms with E-state index in [1.54, 1.807) is 12.4 Å². The highest BCUT2D eigenvalue weighted by molar-refractivity contribution is 7.90. The molecule has 1 aliphatic rings. The van der Waals surface area contributed by atoms with Gasteiger partial charge in [0.25, 0.3) is 0 Å². The summed E-state index contributed by atoms with van der Waals surface area (Å²) in [5, 5.41) is 3.29. The SMILES string of the molecule is CC1CN(c2ccccc2-c2cnc(S(C)(=O)=O)nc2)CCN1. The summed E-state index contributed by atoms with van der Waals surface area (Å²) in [6.07, 6.45) is 4.26. The van der Waals surface area contributed by atoms with Crippen molar-refractivity contribution < 1.29 is 8.42 Å². The van der Waals surface area contributed by atoms with E-state index >= 15 is 0 Å². The summed E-state index contributed by atoms with van der Waals surface area (Å²) < 4.78 is 23.0. The van der Waals surface area contributed by atoms with Gasteiger partial charge >= 0.3 is 0 Å². The Hall–Kier alpha value is -1.99. The topological polar surface area (TPSA) is 75.2 Å². The minimum Gasteiger partial charge on any atom is -0.368 e. The van der Waals surface area contributed by atoms with Crippen LogP contribution in [0.3, 0.4) is 0 Å². The van der Waals surface area contributed by atoms with Gasteiger partial charge in [0.05, 0.1) is 0 Å². The van der Waals surface area contributed by atoms with E-state index in [4.69, 9.17) is 0 Å². The van der Waals surface area contributed by atoms with E-state index in [-0.39, 0.29) is 5.16 Å². The van der Waals surface area contributed by atoms with Crippen LogP contribution < -0.4 is 10.2 Å². The smallest absolute Gasteiger partial charge is 0.246 e. The van der Waals surface area contributed by atoms with Gasteiger partial charge in [0.1, 0.15) is 0 Å². The fraction of sp³-hybridized carbons (Fsp3) is 0.375. The number of hydrogen-bond donors (Lipinski definition) is 1. The van der Waals surface area contributed by atoms with E-state index in [0.717, 1.165) is 42.7 Å². The largest absolute Gasteiger partial charge is 0.368 e. The molecular formula is C16H20N4O2S. The lowest BCUT2D eigenvalue weighted by molar-refractivity contribution is 0.485. The number of nitrogens with one attached hydrogen (secondary N) is 1. The number of nitrogens with zero attached hydrogens (tertiary/aromatic N) is 3. The number of rotatable bonds is 3. The molecule has 7 heteroatoms. The molecule has 122 valence electrons. The zero-order valence-corrected chi connectivity index (χ0v) is 14.0. The molecule has 1 fully saturated rings. The predicted molar refractivity (Wildman–Crippen MR) is 90.3 cm³/mol. The van der Waals surface area contributed by atoms with Crippen LogP contribution in [-0.4, -0.2) is 50.3 Å². The molecule has 0 saturated carbocycles. The Bertz CT molecular complexity index is 790. The highest BCUT2D eigenvalue weighted by atomic mass is 32.2. The first-order valence-corrected chi connectivity index (χ1v) is 9.44. The minimum absolute atomic E-state index is 0.144. The van der Waals surface area contributed by atoms with Gasteiger partial charge in [-0.2, -0.15) is 0 Å². The number of aromatic nitrogens is 2. The molecule has 2 heterocycles. The van der Waals surface area contributed by atoms with Gasteiger partial charge in [-0.15, -0.1) is 0 Å². The average molecular weight is 332 g/mol. The predicted octanol–water partition coefficient (Wildman–Crippen LogP) is 1.35. The van der Waals surface area contributed by atoms with Crippen molar-refractivity contribution in [3.05, 3.63) is 36.7 Å². The van der Waals surface area contributed by atoms with Crippen LogP contribution in [0.5, 0.6) is 0 Å². The second-order valence-electron chi connectivity index (χ2n) is 5.84. The van der Waals surface area contributed by atoms with Crippen LogP contribution in [0.4, 0.5) is 5.69 Å². The minimum atomic E-state index is -3.38. The van der Waals surface area contributed by atoms with Crippen LogP contribution >= 0.6 is 0 Å². The van der Waals surface area contributed by atoms with Crippen molar-refractivity contribution in [3.63, 3.8) is 0 Å². The van der Waals surface area contributed by atoms with Gasteiger partial charge in [0, 0.05) is 61.1 Å². The molecular weight excluding hydrogens is 312 g/mol. The average Bonchev–Trinajstić information content (AvgIpc) is 2.54. The first-order chi connectivity index (χ1) is 10.9. The molecule has 1 saturated heterocycles. The Balaban J connectivity index is 1.97. The van der Waals surface area contributed by atoms with Crippen molar-refractivity contribution in [3.8, 4) is 11.1 Å². The molecule has 0 spiro atoms. The maximum Gasteiger partial charge on any atom is 0.246 e. The summed E-state index contributed by atoms with van der Waals surface area (Å²) >= 11 is 0. The van der Waals surface area contributed by atoms with E-state index < -0.39 is 9.84 Å². The van der Waals surface area contributed by atoms with E-state index in [2.05, 4.69) is 33.2 Å². The first kappa shape index (κ1) is 15.9. The van der Waals surface area contributed by atoms with E-state index in [0.29, 0.717) is 6.04 Å². The van der Waals surface area contributed by atoms with Gasteiger partial charge in [-0.1, -0.05) is 18.2 Å². The van der Waals surface area contributed by atoms with Crippen LogP contribution in [0.2, 0.25) is 0 Å². The van der Waals surface area contributed by atoms with Crippen LogP contribution in [-0.2, 0) is 9.84 Å². The summed E-state index contributed by atoms with van der Waals surface area (Å²) in [5.41, 5.74) is 2.96. The molecule has 1 atom stereocenters. The standard InChI is InChI=1S/C16H20N4O2S/c1-12-11-20(8-7-17-12)15-6-4-3-5-14(15)13-9-18-16(19-10-13)23(2,21)22/h3-6,9-10,12,17H,7-8,11H2,1-2H3. The number of anilines is 1. The summed E-state index contributed by atoms with van der Waals surface area (Å²) in [4.78, 5) is 10.3. The lowest BCUT2D eigenvalue weighted by Gasteiger charge is -2.34. The molecule has 0 radical (unpaired) electrons. The lowest BCUT2D eigenvalue weighted by atomic mass is 10.0. The van der Waals surface area contributed by atoms with Crippen LogP contribution in [0.25, 0.3) is 11.1 Å². The van der Waals surface area contributed by atoms with E-state index in [1.807, 2.05) is 18.2 Å². The molecule has 23 heavy (non-hydrogen) atoms. The summed E-state index contributed by atoms with van der Waals surface area (Å²) in [5.74, 6) is 0. The molecule has 1 aromatic carbocycles. The Morgan fingerprint density at radius 3 is 2.57 bits per heavy atom. The Morgan fingerprint density at radius 2 is 1.91 bits per heavy atom. The maximum absolute atomic E-state index is 11.5. The van der Waals surface area contributed by atoms with E-state index in [1.165, 1.54) is 0 Å². The number of para-hydroxylation sites is 1. The third-order valence-electron chi connectivity index (χ3n) is 3.88. The second kappa shape index (κ2) is 6.25. The van der Waals surface area contributed by atoms with Crippen molar-refractivity contribution in [2.24, 2.45) is 0 Å². The molecule has 1 aliphatic heterocycles. The number of hydrogen-bond acceptors (Lipinski definition) is 6. The zero-order valence-electron chi connectivity index (χ0n) is 13.2. The molecule has 1 N–H and O–H groups in total. The van der Waals surface area contributed by atoms with Crippen molar-refractivity contribution in [2.75, 3.05) is 30.8 Å². The van der Waals surface area contributed by atoms with Crippen molar-refractivity contribution in [2.45, 2.75) is 18.1 Å². The summed E-state index contributed by atoms with van der Waals surface area (Å²) in [6, 6.07) is 8.51. The van der Waals surface area contributed by atoms with E-state index in [9.17, 15) is 8.42 Å². The highest BCUT2D eigenvalue weighted by Gasteiger charge is 2.19. The van der Waals surface area contributed by atoms with Gasteiger partial charge in [-0.05, 0) is 13.0 Å². The summed E-state index contributed by atoms with van der Waals surface area (Å²) in [6.45, 7) is 4.97. The van der Waals surface area contributed by atoms with Crippen LogP contribution in [0, 0.1) is 0 Å². The molecule has 6 nitrogen and oxygen atoms in total. The van der Waals surface area contributed by atoms with Crippen molar-refractivity contribution >= 4 is 15.5 Å². The molecule has 2 aromatic rings. The molecule has 1 aromatic heterocycles. The zero-order chi connectivity index (χ0) is 16.4. The van der Waals surface area contributed by atoms with Crippen LogP contribution in [0.1, 0.15) is 6.92 Å². The fourth-order valence-electron chi connectivity index (χ4n) is 2.79. The lowest BCUT2D eigenvalue weighted by Crippen LogP contribution is -2.49. The molecule has 1 unspecified atom stereocenters. The Kier molecular flexibility index (Phi) is 4.32. The van der Waals surface area contributed by atoms with Crippen molar-refractivity contribution in [1.29, 1.82) is 0 Å². The quantitative estimate of drug-likeness (QED) is 0.855. The monoisotopic (exact) mass is 332 g/mol. The first-order valence-electron chi connectivity index (χ1n) is 7.55. The molecule has 0 bridgehead atoms. The van der Waals surface area contributed by atoms with Gasteiger partial charge < -0.3 is 10.2 Å². The number of benzene rings is 1.